The molecule has 18 heavy (non-hydrogen) atoms. The van der Waals surface area contributed by atoms with Gasteiger partial charge in [-0.1, -0.05) is 6.07 Å². The van der Waals surface area contributed by atoms with Gasteiger partial charge in [0.25, 0.3) is 0 Å². The van der Waals surface area contributed by atoms with E-state index >= 15 is 0 Å². The Labute approximate surface area is 107 Å². The van der Waals surface area contributed by atoms with Gasteiger partial charge in [-0.25, -0.2) is 4.98 Å². The van der Waals surface area contributed by atoms with Gasteiger partial charge in [0.2, 0.25) is 0 Å². The van der Waals surface area contributed by atoms with E-state index < -0.39 is 0 Å². The summed E-state index contributed by atoms with van der Waals surface area (Å²) in [5.41, 5.74) is 3.32. The van der Waals surface area contributed by atoms with Crippen molar-refractivity contribution in [2.45, 2.75) is 20.4 Å². The Balaban J connectivity index is 2.02. The smallest absolute Gasteiger partial charge is 0.127 e. The van der Waals surface area contributed by atoms with Gasteiger partial charge in [-0.05, 0) is 31.5 Å². The van der Waals surface area contributed by atoms with Crippen molar-refractivity contribution in [1.82, 2.24) is 9.97 Å². The lowest BCUT2D eigenvalue weighted by molar-refractivity contribution is 1.02. The van der Waals surface area contributed by atoms with E-state index in [1.54, 1.807) is 6.20 Å². The zero-order valence-electron chi connectivity index (χ0n) is 10.8. The van der Waals surface area contributed by atoms with Crippen LogP contribution in [0, 0.1) is 6.92 Å². The quantitative estimate of drug-likeness (QED) is 0.846. The van der Waals surface area contributed by atoms with Crippen molar-refractivity contribution >= 4 is 11.5 Å². The first kappa shape index (κ1) is 12.4. The molecular formula is C14H18N4. The van der Waals surface area contributed by atoms with Crippen molar-refractivity contribution in [1.29, 1.82) is 0 Å². The Morgan fingerprint density at radius 2 is 2.00 bits per heavy atom. The Bertz CT molecular complexity index is 511. The van der Waals surface area contributed by atoms with Crippen LogP contribution in [-0.4, -0.2) is 16.5 Å². The third-order valence-corrected chi connectivity index (χ3v) is 2.70. The number of nitrogens with zero attached hydrogens (tertiary/aromatic N) is 2. The van der Waals surface area contributed by atoms with Crippen molar-refractivity contribution in [2.75, 3.05) is 17.2 Å². The molecule has 4 heteroatoms. The second kappa shape index (κ2) is 6.00. The molecule has 94 valence electrons. The third kappa shape index (κ3) is 3.20. The average Bonchev–Trinajstić information content (AvgIpc) is 2.39. The molecule has 0 radical (unpaired) electrons. The first-order valence-corrected chi connectivity index (χ1v) is 6.14. The lowest BCUT2D eigenvalue weighted by Gasteiger charge is -2.09. The monoisotopic (exact) mass is 242 g/mol. The van der Waals surface area contributed by atoms with Crippen LogP contribution in [0.3, 0.4) is 0 Å². The molecule has 0 aliphatic heterocycles. The minimum atomic E-state index is 0.724. The number of anilines is 2. The van der Waals surface area contributed by atoms with Crippen molar-refractivity contribution in [2.24, 2.45) is 0 Å². The standard InChI is InChI=1S/C14H18N4/c1-3-15-14-9-12(6-8-17-14)18-10-13-11(2)5-4-7-16-13/h4-9H,3,10H2,1-2H3,(H2,15,17,18). The Hall–Kier alpha value is -2.10. The van der Waals surface area contributed by atoms with Gasteiger partial charge < -0.3 is 10.6 Å². The first-order valence-electron chi connectivity index (χ1n) is 6.14. The van der Waals surface area contributed by atoms with E-state index in [9.17, 15) is 0 Å². The lowest BCUT2D eigenvalue weighted by atomic mass is 10.2. The van der Waals surface area contributed by atoms with Gasteiger partial charge in [-0.3, -0.25) is 4.98 Å². The Morgan fingerprint density at radius 1 is 1.11 bits per heavy atom. The third-order valence-electron chi connectivity index (χ3n) is 2.70. The van der Waals surface area contributed by atoms with Crippen LogP contribution < -0.4 is 10.6 Å². The lowest BCUT2D eigenvalue weighted by Crippen LogP contribution is -2.05. The summed E-state index contributed by atoms with van der Waals surface area (Å²) in [7, 11) is 0. The molecule has 2 aromatic rings. The fourth-order valence-electron chi connectivity index (χ4n) is 1.71. The zero-order valence-corrected chi connectivity index (χ0v) is 10.8. The summed E-state index contributed by atoms with van der Waals surface area (Å²) in [6.45, 7) is 5.72. The number of aromatic nitrogens is 2. The van der Waals surface area contributed by atoms with E-state index in [4.69, 9.17) is 0 Å². The van der Waals surface area contributed by atoms with E-state index in [0.717, 1.165) is 30.3 Å². The maximum Gasteiger partial charge on any atom is 0.127 e. The molecular weight excluding hydrogens is 224 g/mol. The van der Waals surface area contributed by atoms with Gasteiger partial charge >= 0.3 is 0 Å². The summed E-state index contributed by atoms with van der Waals surface area (Å²) < 4.78 is 0. The number of rotatable bonds is 5. The predicted octanol–water partition coefficient (Wildman–Crippen LogP) is 2.83. The highest BCUT2D eigenvalue weighted by atomic mass is 15.0. The van der Waals surface area contributed by atoms with Crippen LogP contribution in [0.5, 0.6) is 0 Å². The molecule has 2 N–H and O–H groups in total. The van der Waals surface area contributed by atoms with Crippen LogP contribution in [0.2, 0.25) is 0 Å². The van der Waals surface area contributed by atoms with Crippen molar-refractivity contribution in [3.05, 3.63) is 47.9 Å². The van der Waals surface area contributed by atoms with Gasteiger partial charge in [-0.15, -0.1) is 0 Å². The normalized spacial score (nSPS) is 10.1. The highest BCUT2D eigenvalue weighted by molar-refractivity contribution is 5.52. The number of hydrogen-bond acceptors (Lipinski definition) is 4. The second-order valence-electron chi connectivity index (χ2n) is 4.08. The van der Waals surface area contributed by atoms with E-state index in [1.807, 2.05) is 24.4 Å². The summed E-state index contributed by atoms with van der Waals surface area (Å²) in [5.74, 6) is 0.889. The maximum absolute atomic E-state index is 4.36. The molecule has 0 saturated heterocycles. The number of aryl methyl sites for hydroxylation is 1. The summed E-state index contributed by atoms with van der Waals surface area (Å²) in [5, 5.41) is 6.55. The van der Waals surface area contributed by atoms with Gasteiger partial charge in [-0.2, -0.15) is 0 Å². The SMILES string of the molecule is CCNc1cc(NCc2ncccc2C)ccn1. The molecule has 0 spiro atoms. The van der Waals surface area contributed by atoms with Crippen molar-refractivity contribution in [3.8, 4) is 0 Å². The number of pyridine rings is 2. The largest absolute Gasteiger partial charge is 0.379 e. The van der Waals surface area contributed by atoms with Crippen LogP contribution in [-0.2, 0) is 6.54 Å². The predicted molar refractivity (Wildman–Crippen MR) is 74.7 cm³/mol. The fraction of sp³-hybridized carbons (Fsp3) is 0.286. The summed E-state index contributed by atoms with van der Waals surface area (Å²) in [4.78, 5) is 8.59. The molecule has 2 rings (SSSR count). The molecule has 0 aliphatic carbocycles. The molecule has 2 heterocycles. The van der Waals surface area contributed by atoms with Crippen molar-refractivity contribution < 1.29 is 0 Å². The molecule has 0 bridgehead atoms. The zero-order chi connectivity index (χ0) is 12.8. The van der Waals surface area contributed by atoms with Gasteiger partial charge in [0.15, 0.2) is 0 Å². The van der Waals surface area contributed by atoms with E-state index in [2.05, 4.69) is 40.5 Å². The molecule has 0 unspecified atom stereocenters. The summed E-state index contributed by atoms with van der Waals surface area (Å²) >= 11 is 0. The second-order valence-corrected chi connectivity index (χ2v) is 4.08. The number of hydrogen-bond donors (Lipinski definition) is 2. The first-order chi connectivity index (χ1) is 8.79. The van der Waals surface area contributed by atoms with E-state index in [-0.39, 0.29) is 0 Å². The fourth-order valence-corrected chi connectivity index (χ4v) is 1.71. The average molecular weight is 242 g/mol. The number of nitrogens with one attached hydrogen (secondary N) is 2. The molecule has 0 atom stereocenters. The van der Waals surface area contributed by atoms with Crippen LogP contribution in [0.25, 0.3) is 0 Å². The van der Waals surface area contributed by atoms with Crippen LogP contribution in [0.1, 0.15) is 18.2 Å². The summed E-state index contributed by atoms with van der Waals surface area (Å²) in [6.07, 6.45) is 3.62. The van der Waals surface area contributed by atoms with Gasteiger partial charge in [0.05, 0.1) is 12.2 Å². The highest BCUT2D eigenvalue weighted by Gasteiger charge is 2.00. The van der Waals surface area contributed by atoms with Gasteiger partial charge in [0.1, 0.15) is 5.82 Å². The summed E-state index contributed by atoms with van der Waals surface area (Å²) in [6, 6.07) is 7.98. The molecule has 0 amide bonds. The van der Waals surface area contributed by atoms with E-state index in [0.29, 0.717) is 0 Å². The topological polar surface area (TPSA) is 49.8 Å². The van der Waals surface area contributed by atoms with Crippen LogP contribution >= 0.6 is 0 Å². The van der Waals surface area contributed by atoms with Gasteiger partial charge in [0, 0.05) is 30.7 Å². The molecule has 0 saturated carbocycles. The molecule has 0 aliphatic rings. The minimum absolute atomic E-state index is 0.724. The van der Waals surface area contributed by atoms with Crippen molar-refractivity contribution in [3.63, 3.8) is 0 Å². The van der Waals surface area contributed by atoms with Crippen LogP contribution in [0.4, 0.5) is 11.5 Å². The highest BCUT2D eigenvalue weighted by Crippen LogP contribution is 2.13. The molecule has 0 aromatic carbocycles. The maximum atomic E-state index is 4.36. The molecule has 4 nitrogen and oxygen atoms in total. The minimum Gasteiger partial charge on any atom is -0.379 e. The molecule has 0 fully saturated rings. The van der Waals surface area contributed by atoms with E-state index in [1.165, 1.54) is 5.56 Å². The molecule has 2 aromatic heterocycles. The Kier molecular flexibility index (Phi) is 4.12. The Morgan fingerprint density at radius 3 is 2.78 bits per heavy atom. The van der Waals surface area contributed by atoms with Crippen LogP contribution in [0.15, 0.2) is 36.7 Å².